The van der Waals surface area contributed by atoms with Crippen LogP contribution in [-0.4, -0.2) is 20.8 Å². The Morgan fingerprint density at radius 3 is 2.80 bits per heavy atom. The fraction of sp³-hybridized carbons (Fsp3) is 0.286. The molecule has 20 heavy (non-hydrogen) atoms. The second kappa shape index (κ2) is 4.43. The summed E-state index contributed by atoms with van der Waals surface area (Å²) in [7, 11) is 0. The molecule has 1 aromatic carbocycles. The molecule has 3 rings (SSSR count). The highest BCUT2D eigenvalue weighted by Gasteiger charge is 2.50. The summed E-state index contributed by atoms with van der Waals surface area (Å²) in [4.78, 5) is 12.4. The minimum absolute atomic E-state index is 0.0286. The Balaban J connectivity index is 2.28. The van der Waals surface area contributed by atoms with E-state index in [9.17, 15) is 9.90 Å². The van der Waals surface area contributed by atoms with Gasteiger partial charge in [-0.2, -0.15) is 5.10 Å². The smallest absolute Gasteiger partial charge is 0.267 e. The van der Waals surface area contributed by atoms with Crippen LogP contribution in [0, 0.1) is 0 Å². The molecule has 2 N–H and O–H groups in total. The molecule has 0 aliphatic carbocycles. The van der Waals surface area contributed by atoms with Gasteiger partial charge in [-0.1, -0.05) is 18.2 Å². The fourth-order valence-electron chi connectivity index (χ4n) is 2.55. The van der Waals surface area contributed by atoms with E-state index in [-0.39, 0.29) is 6.04 Å². The van der Waals surface area contributed by atoms with E-state index in [1.54, 1.807) is 29.1 Å². The molecule has 1 aliphatic rings. The third kappa shape index (κ3) is 1.65. The van der Waals surface area contributed by atoms with Crippen LogP contribution in [-0.2, 0) is 10.4 Å². The first-order chi connectivity index (χ1) is 9.46. The Hall–Kier alpha value is -1.66. The zero-order valence-electron chi connectivity index (χ0n) is 11.1. The Bertz CT molecular complexity index is 695. The number of aliphatic hydroxyl groups is 1. The average molecular weight is 336 g/mol. The molecule has 1 atom stereocenters. The summed E-state index contributed by atoms with van der Waals surface area (Å²) in [6, 6.07) is 7.17. The quantitative estimate of drug-likeness (QED) is 0.885. The Morgan fingerprint density at radius 1 is 1.40 bits per heavy atom. The molecule has 104 valence electrons. The zero-order chi connectivity index (χ0) is 14.5. The highest BCUT2D eigenvalue weighted by Crippen LogP contribution is 2.43. The van der Waals surface area contributed by atoms with Gasteiger partial charge in [-0.25, -0.2) is 0 Å². The number of benzene rings is 1. The number of nitrogens with zero attached hydrogens (tertiary/aromatic N) is 2. The van der Waals surface area contributed by atoms with Crippen LogP contribution in [0.5, 0.6) is 0 Å². The molecule has 0 bridgehead atoms. The monoisotopic (exact) mass is 335 g/mol. The molecular formula is C14H14BrN3O2. The molecule has 2 heterocycles. The number of fused-ring (bicyclic) bond motifs is 1. The van der Waals surface area contributed by atoms with Crippen molar-refractivity contribution in [2.45, 2.75) is 25.5 Å². The van der Waals surface area contributed by atoms with Crippen LogP contribution in [0.1, 0.15) is 31.1 Å². The molecule has 0 radical (unpaired) electrons. The van der Waals surface area contributed by atoms with E-state index in [0.717, 1.165) is 0 Å². The largest absolute Gasteiger partial charge is 0.370 e. The second-order valence-electron chi connectivity index (χ2n) is 5.09. The minimum Gasteiger partial charge on any atom is -0.370 e. The van der Waals surface area contributed by atoms with Gasteiger partial charge in [0.25, 0.3) is 5.91 Å². The molecule has 1 amide bonds. The summed E-state index contributed by atoms with van der Waals surface area (Å²) in [5, 5.41) is 18.0. The Labute approximate surface area is 124 Å². The number of para-hydroxylation sites is 1. The molecular weight excluding hydrogens is 322 g/mol. The summed E-state index contributed by atoms with van der Waals surface area (Å²) in [5.74, 6) is -0.457. The predicted molar refractivity (Wildman–Crippen MR) is 78.4 cm³/mol. The van der Waals surface area contributed by atoms with Crippen LogP contribution in [0.25, 0.3) is 0 Å². The molecule has 1 aliphatic heterocycles. The number of hydrogen-bond donors (Lipinski definition) is 2. The van der Waals surface area contributed by atoms with Gasteiger partial charge in [0.15, 0.2) is 0 Å². The maximum Gasteiger partial charge on any atom is 0.267 e. The first-order valence-electron chi connectivity index (χ1n) is 6.33. The maximum atomic E-state index is 12.4. The van der Waals surface area contributed by atoms with E-state index < -0.39 is 11.5 Å². The highest BCUT2D eigenvalue weighted by molar-refractivity contribution is 9.10. The van der Waals surface area contributed by atoms with Crippen molar-refractivity contribution in [3.8, 4) is 0 Å². The Kier molecular flexibility index (Phi) is 2.95. The summed E-state index contributed by atoms with van der Waals surface area (Å²) < 4.78 is 2.27. The lowest BCUT2D eigenvalue weighted by atomic mass is 9.91. The molecule has 2 aromatic rings. The number of halogens is 1. The van der Waals surface area contributed by atoms with Crippen LogP contribution in [0.3, 0.4) is 0 Å². The number of hydrogen-bond acceptors (Lipinski definition) is 3. The van der Waals surface area contributed by atoms with Crippen molar-refractivity contribution in [2.24, 2.45) is 0 Å². The molecule has 0 fully saturated rings. The van der Waals surface area contributed by atoms with Crippen LogP contribution in [0.4, 0.5) is 5.69 Å². The van der Waals surface area contributed by atoms with E-state index in [1.165, 1.54) is 0 Å². The van der Waals surface area contributed by atoms with Gasteiger partial charge in [0.1, 0.15) is 0 Å². The second-order valence-corrected chi connectivity index (χ2v) is 5.94. The maximum absolute atomic E-state index is 12.4. The van der Waals surface area contributed by atoms with Gasteiger partial charge in [-0.05, 0) is 35.8 Å². The van der Waals surface area contributed by atoms with E-state index in [0.29, 0.717) is 21.4 Å². The lowest BCUT2D eigenvalue weighted by molar-refractivity contribution is -0.130. The van der Waals surface area contributed by atoms with Crippen molar-refractivity contribution in [1.82, 2.24) is 9.78 Å². The van der Waals surface area contributed by atoms with E-state index in [4.69, 9.17) is 0 Å². The number of amides is 1. The summed E-state index contributed by atoms with van der Waals surface area (Å²) in [5.41, 5.74) is -0.0950. The van der Waals surface area contributed by atoms with E-state index >= 15 is 0 Å². The highest BCUT2D eigenvalue weighted by atomic mass is 79.9. The fourth-order valence-corrected chi connectivity index (χ4v) is 3.11. The van der Waals surface area contributed by atoms with Crippen molar-refractivity contribution in [2.75, 3.05) is 5.32 Å². The van der Waals surface area contributed by atoms with Crippen molar-refractivity contribution >= 4 is 27.5 Å². The minimum atomic E-state index is -1.73. The standard InChI is InChI=1S/C14H14BrN3O2/c1-8(2)18-12(10(15)7-16-18)14(20)9-5-3-4-6-11(9)17-13(14)19/h3-8,20H,1-2H3,(H,17,19). The number of carbonyl (C=O) groups is 1. The van der Waals surface area contributed by atoms with Gasteiger partial charge >= 0.3 is 0 Å². The summed E-state index contributed by atoms with van der Waals surface area (Å²) >= 11 is 3.39. The van der Waals surface area contributed by atoms with Gasteiger partial charge in [0, 0.05) is 17.3 Å². The zero-order valence-corrected chi connectivity index (χ0v) is 12.7. The van der Waals surface area contributed by atoms with Crippen molar-refractivity contribution in [3.63, 3.8) is 0 Å². The van der Waals surface area contributed by atoms with Gasteiger partial charge in [0.2, 0.25) is 5.60 Å². The predicted octanol–water partition coefficient (Wildman–Crippen LogP) is 2.41. The topological polar surface area (TPSA) is 67.1 Å². The third-order valence-corrected chi connectivity index (χ3v) is 4.06. The molecule has 1 unspecified atom stereocenters. The van der Waals surface area contributed by atoms with Crippen LogP contribution >= 0.6 is 15.9 Å². The summed E-state index contributed by atoms with van der Waals surface area (Å²) in [6.07, 6.45) is 1.60. The number of anilines is 1. The lowest BCUT2D eigenvalue weighted by Gasteiger charge is -2.24. The van der Waals surface area contributed by atoms with Crippen molar-refractivity contribution in [3.05, 3.63) is 46.2 Å². The van der Waals surface area contributed by atoms with Gasteiger partial charge in [0.05, 0.1) is 16.4 Å². The van der Waals surface area contributed by atoms with Gasteiger partial charge in [-0.3, -0.25) is 9.48 Å². The number of rotatable bonds is 2. The number of nitrogens with one attached hydrogen (secondary N) is 1. The van der Waals surface area contributed by atoms with Crippen LogP contribution in [0.15, 0.2) is 34.9 Å². The van der Waals surface area contributed by atoms with E-state index in [2.05, 4.69) is 26.3 Å². The van der Waals surface area contributed by atoms with Crippen molar-refractivity contribution < 1.29 is 9.90 Å². The number of carbonyl (C=O) groups excluding carboxylic acids is 1. The van der Waals surface area contributed by atoms with E-state index in [1.807, 2.05) is 19.9 Å². The van der Waals surface area contributed by atoms with Crippen LogP contribution < -0.4 is 5.32 Å². The van der Waals surface area contributed by atoms with Gasteiger partial charge in [-0.15, -0.1) is 0 Å². The molecule has 0 spiro atoms. The molecule has 0 saturated heterocycles. The average Bonchev–Trinajstić information content (AvgIpc) is 2.91. The lowest BCUT2D eigenvalue weighted by Crippen LogP contribution is -2.38. The Morgan fingerprint density at radius 2 is 2.10 bits per heavy atom. The first-order valence-corrected chi connectivity index (χ1v) is 7.12. The first kappa shape index (κ1) is 13.3. The summed E-state index contributed by atoms with van der Waals surface area (Å²) in [6.45, 7) is 3.90. The molecule has 5 nitrogen and oxygen atoms in total. The van der Waals surface area contributed by atoms with Crippen molar-refractivity contribution in [1.29, 1.82) is 0 Å². The normalized spacial score (nSPS) is 21.1. The van der Waals surface area contributed by atoms with Crippen LogP contribution in [0.2, 0.25) is 0 Å². The SMILES string of the molecule is CC(C)n1ncc(Br)c1C1(O)C(=O)Nc2ccccc21. The molecule has 0 saturated carbocycles. The molecule has 1 aromatic heterocycles. The number of aromatic nitrogens is 2. The third-order valence-electron chi connectivity index (χ3n) is 3.48. The molecule has 6 heteroatoms. The van der Waals surface area contributed by atoms with Gasteiger partial charge < -0.3 is 10.4 Å².